The number of para-hydroxylation sites is 1. The van der Waals surface area contributed by atoms with Gasteiger partial charge in [-0.05, 0) is 31.2 Å². The third kappa shape index (κ3) is 2.66. The molecule has 0 saturated heterocycles. The molecule has 0 saturated carbocycles. The second kappa shape index (κ2) is 5.21. The molecule has 2 rings (SSSR count). The van der Waals surface area contributed by atoms with Crippen molar-refractivity contribution in [2.75, 3.05) is 17.7 Å². The number of nitrogens with two attached hydrogens (primary N) is 1. The number of anilines is 3. The summed E-state index contributed by atoms with van der Waals surface area (Å²) in [6.07, 6.45) is 3.46. The molecule has 3 N–H and O–H groups in total. The second-order valence-electron chi connectivity index (χ2n) is 3.52. The van der Waals surface area contributed by atoms with E-state index in [0.717, 1.165) is 17.1 Å². The smallest absolute Gasteiger partial charge is 0.144 e. The van der Waals surface area contributed by atoms with Crippen LogP contribution >= 0.6 is 0 Å². The summed E-state index contributed by atoms with van der Waals surface area (Å²) in [5, 5.41) is 3.21. The fourth-order valence-corrected chi connectivity index (χ4v) is 1.54. The predicted octanol–water partition coefficient (Wildman–Crippen LogP) is 2.81. The summed E-state index contributed by atoms with van der Waals surface area (Å²) in [6, 6.07) is 9.38. The molecule has 0 spiro atoms. The lowest BCUT2D eigenvalue weighted by Gasteiger charge is -2.14. The van der Waals surface area contributed by atoms with Crippen molar-refractivity contribution in [2.45, 2.75) is 6.92 Å². The van der Waals surface area contributed by atoms with Gasteiger partial charge in [0.25, 0.3) is 0 Å². The predicted molar refractivity (Wildman–Crippen MR) is 69.5 cm³/mol. The van der Waals surface area contributed by atoms with E-state index in [1.54, 1.807) is 12.4 Å². The summed E-state index contributed by atoms with van der Waals surface area (Å²) in [5.74, 6) is 0.747. The normalized spacial score (nSPS) is 9.94. The van der Waals surface area contributed by atoms with Crippen LogP contribution in [0, 0.1) is 0 Å². The van der Waals surface area contributed by atoms with Crippen LogP contribution < -0.4 is 15.8 Å². The van der Waals surface area contributed by atoms with Crippen LogP contribution in [0.5, 0.6) is 5.75 Å². The quantitative estimate of drug-likeness (QED) is 0.791. The van der Waals surface area contributed by atoms with Crippen molar-refractivity contribution >= 4 is 17.1 Å². The molecule has 0 aliphatic rings. The molecule has 0 bridgehead atoms. The minimum atomic E-state index is 0.602. The lowest BCUT2D eigenvalue weighted by atomic mass is 10.2. The monoisotopic (exact) mass is 229 g/mol. The van der Waals surface area contributed by atoms with E-state index in [0.29, 0.717) is 12.3 Å². The Balaban J connectivity index is 2.31. The van der Waals surface area contributed by atoms with Gasteiger partial charge >= 0.3 is 0 Å². The number of hydrogen-bond donors (Lipinski definition) is 2. The Morgan fingerprint density at radius 3 is 2.88 bits per heavy atom. The van der Waals surface area contributed by atoms with Crippen molar-refractivity contribution < 1.29 is 4.74 Å². The van der Waals surface area contributed by atoms with Crippen LogP contribution in [0.2, 0.25) is 0 Å². The highest BCUT2D eigenvalue weighted by atomic mass is 16.5. The number of benzene rings is 1. The molecule has 0 aliphatic carbocycles. The van der Waals surface area contributed by atoms with Crippen LogP contribution in [-0.4, -0.2) is 11.6 Å². The zero-order valence-electron chi connectivity index (χ0n) is 9.68. The summed E-state index contributed by atoms with van der Waals surface area (Å²) in [5.41, 5.74) is 8.25. The van der Waals surface area contributed by atoms with Crippen LogP contribution in [0.15, 0.2) is 42.7 Å². The molecule has 0 amide bonds. The van der Waals surface area contributed by atoms with E-state index in [2.05, 4.69) is 10.3 Å². The van der Waals surface area contributed by atoms with Crippen LogP contribution in [0.3, 0.4) is 0 Å². The van der Waals surface area contributed by atoms with Crippen LogP contribution in [0.25, 0.3) is 0 Å². The van der Waals surface area contributed by atoms with Gasteiger partial charge in [-0.1, -0.05) is 6.07 Å². The number of pyridine rings is 1. The Morgan fingerprint density at radius 2 is 2.18 bits per heavy atom. The molecule has 88 valence electrons. The fourth-order valence-electron chi connectivity index (χ4n) is 1.54. The summed E-state index contributed by atoms with van der Waals surface area (Å²) in [4.78, 5) is 4.04. The van der Waals surface area contributed by atoms with Crippen molar-refractivity contribution in [1.82, 2.24) is 4.98 Å². The van der Waals surface area contributed by atoms with Gasteiger partial charge in [0.2, 0.25) is 0 Å². The Bertz CT molecular complexity index is 485. The molecule has 1 aromatic heterocycles. The summed E-state index contributed by atoms with van der Waals surface area (Å²) in [7, 11) is 0. The van der Waals surface area contributed by atoms with Gasteiger partial charge in [0, 0.05) is 6.20 Å². The van der Waals surface area contributed by atoms with Crippen molar-refractivity contribution in [2.24, 2.45) is 0 Å². The van der Waals surface area contributed by atoms with E-state index >= 15 is 0 Å². The Morgan fingerprint density at radius 1 is 1.29 bits per heavy atom. The molecule has 1 aromatic carbocycles. The zero-order chi connectivity index (χ0) is 12.1. The highest BCUT2D eigenvalue weighted by Gasteiger charge is 2.07. The first-order chi connectivity index (χ1) is 8.31. The number of aromatic nitrogens is 1. The van der Waals surface area contributed by atoms with E-state index < -0.39 is 0 Å². The minimum Gasteiger partial charge on any atom is -0.492 e. The van der Waals surface area contributed by atoms with Crippen molar-refractivity contribution in [1.29, 1.82) is 0 Å². The van der Waals surface area contributed by atoms with Gasteiger partial charge in [-0.3, -0.25) is 4.98 Å². The Labute approximate surface area is 100 Å². The van der Waals surface area contributed by atoms with Gasteiger partial charge in [-0.2, -0.15) is 0 Å². The van der Waals surface area contributed by atoms with Crippen LogP contribution in [0.1, 0.15) is 6.92 Å². The van der Waals surface area contributed by atoms with Gasteiger partial charge < -0.3 is 15.8 Å². The highest BCUT2D eigenvalue weighted by Crippen LogP contribution is 2.32. The number of nitrogens with zero attached hydrogens (tertiary/aromatic N) is 1. The molecule has 4 nitrogen and oxygen atoms in total. The van der Waals surface area contributed by atoms with Crippen molar-refractivity contribution in [3.05, 3.63) is 42.7 Å². The molecule has 1 heterocycles. The first kappa shape index (κ1) is 11.3. The van der Waals surface area contributed by atoms with E-state index in [1.807, 2.05) is 37.3 Å². The first-order valence-electron chi connectivity index (χ1n) is 5.49. The maximum atomic E-state index is 5.94. The van der Waals surface area contributed by atoms with E-state index in [1.165, 1.54) is 0 Å². The number of ether oxygens (including phenoxy) is 1. The minimum absolute atomic E-state index is 0.602. The highest BCUT2D eigenvalue weighted by molar-refractivity contribution is 5.78. The lowest BCUT2D eigenvalue weighted by molar-refractivity contribution is 0.342. The fraction of sp³-hybridized carbons (Fsp3) is 0.154. The Kier molecular flexibility index (Phi) is 3.45. The second-order valence-corrected chi connectivity index (χ2v) is 3.52. The van der Waals surface area contributed by atoms with Gasteiger partial charge in [-0.15, -0.1) is 0 Å². The largest absolute Gasteiger partial charge is 0.492 e. The van der Waals surface area contributed by atoms with Gasteiger partial charge in [0.1, 0.15) is 11.4 Å². The average Bonchev–Trinajstić information content (AvgIpc) is 2.35. The third-order valence-corrected chi connectivity index (χ3v) is 2.29. The average molecular weight is 229 g/mol. The van der Waals surface area contributed by atoms with Crippen molar-refractivity contribution in [3.8, 4) is 5.75 Å². The molecular formula is C13H15N3O. The molecular weight excluding hydrogens is 214 g/mol. The number of nitrogens with one attached hydrogen (secondary N) is 1. The molecule has 4 heteroatoms. The number of nitrogen functional groups attached to an aromatic ring is 1. The molecule has 2 aromatic rings. The molecule has 17 heavy (non-hydrogen) atoms. The van der Waals surface area contributed by atoms with Gasteiger partial charge in [0.05, 0.1) is 24.2 Å². The molecule has 0 radical (unpaired) electrons. The Hall–Kier alpha value is -2.23. The molecule has 0 aliphatic heterocycles. The van der Waals surface area contributed by atoms with E-state index in [9.17, 15) is 0 Å². The standard InChI is InChI=1S/C13H15N3O/c1-2-17-12-7-3-6-11(14)13(12)16-10-5-4-8-15-9-10/h3-9,16H,2,14H2,1H3. The maximum absolute atomic E-state index is 5.94. The summed E-state index contributed by atoms with van der Waals surface area (Å²) < 4.78 is 5.53. The SMILES string of the molecule is CCOc1cccc(N)c1Nc1cccnc1. The van der Waals surface area contributed by atoms with Crippen LogP contribution in [0.4, 0.5) is 17.1 Å². The third-order valence-electron chi connectivity index (χ3n) is 2.29. The first-order valence-corrected chi connectivity index (χ1v) is 5.49. The number of rotatable bonds is 4. The topological polar surface area (TPSA) is 60.2 Å². The molecule has 0 fully saturated rings. The zero-order valence-corrected chi connectivity index (χ0v) is 9.68. The van der Waals surface area contributed by atoms with Gasteiger partial charge in [-0.25, -0.2) is 0 Å². The lowest BCUT2D eigenvalue weighted by Crippen LogP contribution is -2.01. The van der Waals surface area contributed by atoms with E-state index in [4.69, 9.17) is 10.5 Å². The summed E-state index contributed by atoms with van der Waals surface area (Å²) in [6.45, 7) is 2.54. The van der Waals surface area contributed by atoms with Crippen LogP contribution in [-0.2, 0) is 0 Å². The molecule has 0 atom stereocenters. The van der Waals surface area contributed by atoms with E-state index in [-0.39, 0.29) is 0 Å². The molecule has 0 unspecified atom stereocenters. The van der Waals surface area contributed by atoms with Crippen molar-refractivity contribution in [3.63, 3.8) is 0 Å². The summed E-state index contributed by atoms with van der Waals surface area (Å²) >= 11 is 0. The maximum Gasteiger partial charge on any atom is 0.144 e. The van der Waals surface area contributed by atoms with Gasteiger partial charge in [0.15, 0.2) is 0 Å². The number of hydrogen-bond acceptors (Lipinski definition) is 4.